The number of nitrogens with two attached hydrogens (primary N) is 1. The molecule has 2 fully saturated rings. The predicted molar refractivity (Wildman–Crippen MR) is 305 cm³/mol. The number of rotatable bonds is 16. The van der Waals surface area contributed by atoms with Crippen molar-refractivity contribution in [1.29, 1.82) is 0 Å². The first-order valence-corrected chi connectivity index (χ1v) is 26.2. The molecule has 10 rings (SSSR count). The minimum atomic E-state index is -0.456. The van der Waals surface area contributed by atoms with Gasteiger partial charge in [-0.1, -0.05) is 79.9 Å². The molecule has 2 saturated heterocycles. The lowest BCUT2D eigenvalue weighted by Gasteiger charge is -2.31. The summed E-state index contributed by atoms with van der Waals surface area (Å²) in [7, 11) is 0. The van der Waals surface area contributed by atoms with Gasteiger partial charge in [0, 0.05) is 103 Å². The molecule has 4 N–H and O–H groups in total. The fourth-order valence-electron chi connectivity index (χ4n) is 9.21. The van der Waals surface area contributed by atoms with E-state index in [2.05, 4.69) is 48.5 Å². The molecule has 8 aromatic rings. The second-order valence-electron chi connectivity index (χ2n) is 18.8. The fraction of sp³-hybridized carbons (Fsp3) is 0.246. The number of hydrogen-bond acceptors (Lipinski definition) is 11. The summed E-state index contributed by atoms with van der Waals surface area (Å²) in [6.07, 6.45) is 9.46. The van der Waals surface area contributed by atoms with E-state index in [9.17, 15) is 22.8 Å². The van der Waals surface area contributed by atoms with Gasteiger partial charge in [0.2, 0.25) is 17.1 Å². The highest BCUT2D eigenvalue weighted by Gasteiger charge is 2.22. The van der Waals surface area contributed by atoms with Crippen molar-refractivity contribution in [3.63, 3.8) is 0 Å². The first kappa shape index (κ1) is 56.9. The lowest BCUT2D eigenvalue weighted by molar-refractivity contribution is -0.112. The Kier molecular flexibility index (Phi) is 20.1. The van der Waals surface area contributed by atoms with E-state index in [1.165, 1.54) is 30.4 Å². The molecule has 0 aliphatic carbocycles. The van der Waals surface area contributed by atoms with Crippen LogP contribution in [0.2, 0.25) is 5.28 Å². The average molecular weight is 1090 g/mol. The summed E-state index contributed by atoms with van der Waals surface area (Å²) >= 11 is 5.91. The normalized spacial score (nSPS) is 14.0. The number of para-hydroxylation sites is 2. The number of piperidine rings is 2. The number of hydrogen-bond donors (Lipinski definition) is 3. The molecule has 2 amide bonds. The molecule has 79 heavy (non-hydrogen) atoms. The Hall–Kier alpha value is -8.25. The number of anilines is 3. The van der Waals surface area contributed by atoms with Crippen molar-refractivity contribution in [1.82, 2.24) is 29.7 Å². The second kappa shape index (κ2) is 27.9. The molecular formula is C61H60ClF4N9O4. The topological polar surface area (TPSA) is 161 Å². The Balaban J connectivity index is 0.000000173. The van der Waals surface area contributed by atoms with Gasteiger partial charge in [-0.2, -0.15) is 0 Å². The highest BCUT2D eigenvalue weighted by molar-refractivity contribution is 6.28. The zero-order valence-corrected chi connectivity index (χ0v) is 44.2. The van der Waals surface area contributed by atoms with Crippen LogP contribution in [0, 0.1) is 11.6 Å². The van der Waals surface area contributed by atoms with Crippen molar-refractivity contribution < 1.29 is 36.6 Å². The molecule has 0 unspecified atom stereocenters. The maximum absolute atomic E-state index is 15.1. The fourth-order valence-corrected chi connectivity index (χ4v) is 9.35. The van der Waals surface area contributed by atoms with E-state index in [1.807, 2.05) is 84.9 Å². The molecule has 4 heterocycles. The summed E-state index contributed by atoms with van der Waals surface area (Å²) in [5.74, 6) is 0.134. The highest BCUT2D eigenvalue weighted by atomic mass is 35.5. The van der Waals surface area contributed by atoms with E-state index >= 15 is 4.39 Å². The summed E-state index contributed by atoms with van der Waals surface area (Å²) in [4.78, 5) is 44.9. The summed E-state index contributed by atoms with van der Waals surface area (Å²) in [6, 6.07) is 36.1. The van der Waals surface area contributed by atoms with E-state index in [-0.39, 0.29) is 60.6 Å². The highest BCUT2D eigenvalue weighted by Crippen LogP contribution is 2.32. The number of aromatic nitrogens is 4. The molecule has 0 atom stereocenters. The molecule has 6 aromatic carbocycles. The summed E-state index contributed by atoms with van der Waals surface area (Å²) in [6.45, 7) is 10.4. The number of nitrogens with one attached hydrogen (secondary N) is 2. The van der Waals surface area contributed by atoms with Gasteiger partial charge in [-0.25, -0.2) is 37.5 Å². The van der Waals surface area contributed by atoms with E-state index in [0.29, 0.717) is 47.4 Å². The smallest absolute Gasteiger partial charge is 0.247 e. The van der Waals surface area contributed by atoms with Crippen LogP contribution in [0.1, 0.15) is 37.1 Å². The van der Waals surface area contributed by atoms with Crippen LogP contribution in [-0.4, -0.2) is 106 Å². The van der Waals surface area contributed by atoms with Gasteiger partial charge in [0.1, 0.15) is 54.5 Å². The quantitative estimate of drug-likeness (QED) is 0.0366. The summed E-state index contributed by atoms with van der Waals surface area (Å²) in [5, 5.41) is 7.49. The van der Waals surface area contributed by atoms with E-state index < -0.39 is 5.82 Å². The Morgan fingerprint density at radius 3 is 1.61 bits per heavy atom. The van der Waals surface area contributed by atoms with Crippen LogP contribution in [0.4, 0.5) is 34.6 Å². The molecule has 0 spiro atoms. The second-order valence-corrected chi connectivity index (χ2v) is 19.1. The number of likely N-dealkylation sites (tertiary alicyclic amines) is 2. The zero-order valence-electron chi connectivity index (χ0n) is 43.4. The number of fused-ring (bicyclic) bond motifs is 2. The first-order chi connectivity index (χ1) is 38.4. The van der Waals surface area contributed by atoms with Crippen molar-refractivity contribution in [2.45, 2.75) is 44.3 Å². The number of alkyl halides is 2. The van der Waals surface area contributed by atoms with Gasteiger partial charge < -0.3 is 35.6 Å². The number of halogens is 5. The number of amides is 2. The van der Waals surface area contributed by atoms with Crippen molar-refractivity contribution in [3.05, 3.63) is 187 Å². The van der Waals surface area contributed by atoms with Crippen molar-refractivity contribution in [2.24, 2.45) is 0 Å². The lowest BCUT2D eigenvalue weighted by atomic mass is 10.0. The molecule has 408 valence electrons. The van der Waals surface area contributed by atoms with E-state index in [1.54, 1.807) is 30.6 Å². The molecule has 0 saturated carbocycles. The molecule has 0 radical (unpaired) electrons. The van der Waals surface area contributed by atoms with Crippen LogP contribution in [0.5, 0.6) is 11.5 Å². The minimum absolute atomic E-state index is 0.00283. The Labute approximate surface area is 461 Å². The Morgan fingerprint density at radius 1 is 0.633 bits per heavy atom. The third kappa shape index (κ3) is 15.9. The van der Waals surface area contributed by atoms with Gasteiger partial charge >= 0.3 is 0 Å². The van der Waals surface area contributed by atoms with Crippen LogP contribution >= 0.6 is 11.6 Å². The van der Waals surface area contributed by atoms with Gasteiger partial charge in [0.05, 0.1) is 16.7 Å². The van der Waals surface area contributed by atoms with Crippen LogP contribution in [-0.2, 0) is 16.0 Å². The molecule has 18 heteroatoms. The molecular weight excluding hydrogens is 1030 g/mol. The molecule has 2 aliphatic rings. The third-order valence-electron chi connectivity index (χ3n) is 13.3. The van der Waals surface area contributed by atoms with Crippen molar-refractivity contribution >= 4 is 62.3 Å². The van der Waals surface area contributed by atoms with E-state index in [4.69, 9.17) is 31.8 Å². The monoisotopic (exact) mass is 1090 g/mol. The number of carbonyl (C=O) groups is 2. The van der Waals surface area contributed by atoms with Crippen LogP contribution < -0.4 is 25.8 Å². The number of ether oxygens (including phenoxy) is 2. The van der Waals surface area contributed by atoms with E-state index in [0.717, 1.165) is 95.9 Å². The zero-order chi connectivity index (χ0) is 55.7. The van der Waals surface area contributed by atoms with Crippen molar-refractivity contribution in [2.75, 3.05) is 69.0 Å². The predicted octanol–water partition coefficient (Wildman–Crippen LogP) is 12.3. The Bertz CT molecular complexity index is 3410. The van der Waals surface area contributed by atoms with Crippen LogP contribution in [0.3, 0.4) is 0 Å². The standard InChI is InChI=1S/C31H30F2N4O2.C17H12ClN3O.C13H18F2N2O/c1-2-30(38)35-24-7-3-5-21(17-24)27-8-4-6-23-20-34-29(36-31(23)27)18-22-9-10-26(19-28(22)33)39-25-11-14-37(15-12-25)16-13-32;1-2-15(22)20-13-7-3-5-11(9-13)14-8-4-6-12-10-19-17(18)21-16(12)14;14-5-8-17-6-3-10(4-7-17)18-11-1-2-13(16)12(15)9-11/h2-10,17,19-20,25H,1,11-16,18H2,(H,35,38);2-10H,1H2,(H,20,22);1-2,9-10H,3-8,16H2. The maximum Gasteiger partial charge on any atom is 0.247 e. The van der Waals surface area contributed by atoms with Gasteiger partial charge in [0.25, 0.3) is 0 Å². The molecule has 0 bridgehead atoms. The van der Waals surface area contributed by atoms with Crippen LogP contribution in [0.25, 0.3) is 44.1 Å². The van der Waals surface area contributed by atoms with Crippen LogP contribution in [0.15, 0.2) is 159 Å². The number of nitrogens with zero attached hydrogens (tertiary/aromatic N) is 6. The third-order valence-corrected chi connectivity index (χ3v) is 13.5. The Morgan fingerprint density at radius 2 is 1.11 bits per heavy atom. The largest absolute Gasteiger partial charge is 0.490 e. The van der Waals surface area contributed by atoms with Crippen molar-refractivity contribution in [3.8, 4) is 33.8 Å². The summed E-state index contributed by atoms with van der Waals surface area (Å²) < 4.78 is 64.7. The average Bonchev–Trinajstić information content (AvgIpc) is 3.51. The molecule has 13 nitrogen and oxygen atoms in total. The van der Waals surface area contributed by atoms with Gasteiger partial charge in [-0.15, -0.1) is 0 Å². The lowest BCUT2D eigenvalue weighted by Crippen LogP contribution is -2.39. The van der Waals surface area contributed by atoms with Gasteiger partial charge in [-0.3, -0.25) is 9.59 Å². The molecule has 2 aromatic heterocycles. The maximum atomic E-state index is 15.1. The van der Waals surface area contributed by atoms with Gasteiger partial charge in [0.15, 0.2) is 0 Å². The number of benzene rings is 6. The minimum Gasteiger partial charge on any atom is -0.490 e. The SMILES string of the molecule is C=CC(=O)Nc1cccc(-c2cccc3cnc(Cc4ccc(OC5CCN(CCF)CC5)cc4F)nc23)c1.C=CC(=O)Nc1cccc(-c2cccc3cnc(Cl)nc23)c1.Nc1ccc(OC2CCN(CCF)CC2)cc1F. The first-order valence-electron chi connectivity index (χ1n) is 25.9. The molecule has 2 aliphatic heterocycles. The summed E-state index contributed by atoms with van der Waals surface area (Å²) in [5.41, 5.74) is 12.5. The number of carbonyl (C=O) groups excluding carboxylic acids is 2. The van der Waals surface area contributed by atoms with Gasteiger partial charge in [-0.05, 0) is 109 Å². The number of nitrogen functional groups attached to an aromatic ring is 1.